The molecule has 0 spiro atoms. The molecular weight excluding hydrogens is 462 g/mol. The summed E-state index contributed by atoms with van der Waals surface area (Å²) in [6, 6.07) is 20.0. The van der Waals surface area contributed by atoms with E-state index in [9.17, 15) is 9.59 Å². The van der Waals surface area contributed by atoms with Crippen molar-refractivity contribution in [3.05, 3.63) is 83.6 Å². The molecule has 1 N–H and O–H groups in total. The zero-order valence-electron chi connectivity index (χ0n) is 21.6. The summed E-state index contributed by atoms with van der Waals surface area (Å²) in [7, 11) is 0. The standard InChI is InChI=1S/C30H35N5O2/c1-21(2)22-5-7-25(8-6-22)30(37)34-17-13-24(14-18-34)23-9-11-27(12-10-23)32-29(36)26-15-19-35(20-26)28-4-3-16-31-33-28/h3-12,16,21,24,26H,13-15,17-20H2,1-2H3,(H,32,36). The summed E-state index contributed by atoms with van der Waals surface area (Å²) in [5.74, 6) is 1.81. The number of piperidine rings is 1. The quantitative estimate of drug-likeness (QED) is 0.514. The van der Waals surface area contributed by atoms with Crippen LogP contribution in [0, 0.1) is 5.92 Å². The SMILES string of the molecule is CC(C)c1ccc(C(=O)N2CCC(c3ccc(NC(=O)C4CCN(c5cccnn5)C4)cc3)CC2)cc1. The number of nitrogens with zero attached hydrogens (tertiary/aromatic N) is 4. The average Bonchev–Trinajstić information content (AvgIpc) is 3.45. The predicted molar refractivity (Wildman–Crippen MR) is 146 cm³/mol. The van der Waals surface area contributed by atoms with Gasteiger partial charge in [-0.05, 0) is 78.6 Å². The Balaban J connectivity index is 1.11. The molecule has 0 radical (unpaired) electrons. The van der Waals surface area contributed by atoms with Gasteiger partial charge >= 0.3 is 0 Å². The molecule has 7 heteroatoms. The molecule has 3 heterocycles. The number of likely N-dealkylation sites (tertiary alicyclic amines) is 1. The van der Waals surface area contributed by atoms with Crippen LogP contribution in [-0.2, 0) is 4.79 Å². The van der Waals surface area contributed by atoms with Gasteiger partial charge in [-0.2, -0.15) is 5.10 Å². The van der Waals surface area contributed by atoms with E-state index >= 15 is 0 Å². The molecule has 2 aliphatic heterocycles. The smallest absolute Gasteiger partial charge is 0.253 e. The summed E-state index contributed by atoms with van der Waals surface area (Å²) in [5.41, 5.74) is 4.11. The van der Waals surface area contributed by atoms with Crippen molar-refractivity contribution in [1.29, 1.82) is 0 Å². The molecule has 37 heavy (non-hydrogen) atoms. The van der Waals surface area contributed by atoms with Crippen LogP contribution in [-0.4, -0.2) is 53.1 Å². The average molecular weight is 498 g/mol. The molecule has 0 saturated carbocycles. The van der Waals surface area contributed by atoms with Crippen molar-refractivity contribution in [2.75, 3.05) is 36.4 Å². The number of rotatable bonds is 6. The number of carbonyl (C=O) groups is 2. The van der Waals surface area contributed by atoms with E-state index in [1.54, 1.807) is 6.20 Å². The lowest BCUT2D eigenvalue weighted by atomic mass is 9.89. The topological polar surface area (TPSA) is 78.4 Å². The highest BCUT2D eigenvalue weighted by Gasteiger charge is 2.29. The largest absolute Gasteiger partial charge is 0.354 e. The Bertz CT molecular complexity index is 1200. The number of anilines is 2. The Kier molecular flexibility index (Phi) is 7.49. The third-order valence-electron chi connectivity index (χ3n) is 7.70. The van der Waals surface area contributed by atoms with Crippen molar-refractivity contribution < 1.29 is 9.59 Å². The molecule has 1 aromatic heterocycles. The van der Waals surface area contributed by atoms with Gasteiger partial charge in [-0.25, -0.2) is 0 Å². The maximum absolute atomic E-state index is 13.0. The minimum Gasteiger partial charge on any atom is -0.354 e. The minimum atomic E-state index is -0.0647. The number of aromatic nitrogens is 2. The molecule has 1 unspecified atom stereocenters. The van der Waals surface area contributed by atoms with Crippen molar-refractivity contribution >= 4 is 23.3 Å². The first-order valence-electron chi connectivity index (χ1n) is 13.3. The monoisotopic (exact) mass is 497 g/mol. The highest BCUT2D eigenvalue weighted by molar-refractivity contribution is 5.94. The van der Waals surface area contributed by atoms with Crippen molar-refractivity contribution in [2.45, 2.75) is 44.9 Å². The van der Waals surface area contributed by atoms with Crippen LogP contribution in [0.4, 0.5) is 11.5 Å². The fourth-order valence-corrected chi connectivity index (χ4v) is 5.34. The summed E-state index contributed by atoms with van der Waals surface area (Å²) in [4.78, 5) is 29.9. The van der Waals surface area contributed by atoms with Gasteiger partial charge < -0.3 is 15.1 Å². The van der Waals surface area contributed by atoms with E-state index in [0.29, 0.717) is 18.4 Å². The zero-order valence-corrected chi connectivity index (χ0v) is 21.6. The van der Waals surface area contributed by atoms with Gasteiger partial charge in [-0.15, -0.1) is 5.10 Å². The van der Waals surface area contributed by atoms with Crippen LogP contribution in [0.25, 0.3) is 0 Å². The summed E-state index contributed by atoms with van der Waals surface area (Å²) < 4.78 is 0. The van der Waals surface area contributed by atoms with Crippen LogP contribution in [0.3, 0.4) is 0 Å². The number of carbonyl (C=O) groups excluding carboxylic acids is 2. The first-order chi connectivity index (χ1) is 18.0. The van der Waals surface area contributed by atoms with Gasteiger partial charge in [-0.1, -0.05) is 38.1 Å². The Morgan fingerprint density at radius 2 is 1.65 bits per heavy atom. The van der Waals surface area contributed by atoms with E-state index in [4.69, 9.17) is 0 Å². The fourth-order valence-electron chi connectivity index (χ4n) is 5.34. The molecule has 2 aliphatic rings. The molecule has 2 saturated heterocycles. The molecule has 2 aromatic carbocycles. The van der Waals surface area contributed by atoms with Crippen molar-refractivity contribution in [3.8, 4) is 0 Å². The van der Waals surface area contributed by atoms with Gasteiger partial charge in [0.15, 0.2) is 5.82 Å². The number of amides is 2. The zero-order chi connectivity index (χ0) is 25.8. The van der Waals surface area contributed by atoms with Crippen LogP contribution in [0.15, 0.2) is 66.9 Å². The van der Waals surface area contributed by atoms with Gasteiger partial charge in [0.25, 0.3) is 5.91 Å². The second-order valence-electron chi connectivity index (χ2n) is 10.5. The molecule has 5 rings (SSSR count). The Morgan fingerprint density at radius 3 is 2.30 bits per heavy atom. The lowest BCUT2D eigenvalue weighted by molar-refractivity contribution is -0.119. The summed E-state index contributed by atoms with van der Waals surface area (Å²) in [6.07, 6.45) is 4.35. The third kappa shape index (κ3) is 5.82. The third-order valence-corrected chi connectivity index (χ3v) is 7.70. The van der Waals surface area contributed by atoms with Gasteiger partial charge in [0.05, 0.1) is 5.92 Å². The predicted octanol–water partition coefficient (Wildman–Crippen LogP) is 5.08. The van der Waals surface area contributed by atoms with Gasteiger partial charge in [0.1, 0.15) is 0 Å². The highest BCUT2D eigenvalue weighted by atomic mass is 16.2. The lowest BCUT2D eigenvalue weighted by Crippen LogP contribution is -2.37. The molecule has 2 amide bonds. The van der Waals surface area contributed by atoms with Crippen LogP contribution in [0.1, 0.15) is 66.4 Å². The molecule has 1 atom stereocenters. The highest BCUT2D eigenvalue weighted by Crippen LogP contribution is 2.30. The van der Waals surface area contributed by atoms with Crippen molar-refractivity contribution in [3.63, 3.8) is 0 Å². The lowest BCUT2D eigenvalue weighted by Gasteiger charge is -2.32. The molecule has 0 aliphatic carbocycles. The van der Waals surface area contributed by atoms with Gasteiger partial charge in [-0.3, -0.25) is 9.59 Å². The summed E-state index contributed by atoms with van der Waals surface area (Å²) in [5, 5.41) is 11.2. The molecule has 3 aromatic rings. The normalized spacial score (nSPS) is 18.3. The molecular formula is C30H35N5O2. The number of nitrogens with one attached hydrogen (secondary N) is 1. The number of benzene rings is 2. The molecule has 7 nitrogen and oxygen atoms in total. The second-order valence-corrected chi connectivity index (χ2v) is 10.5. The summed E-state index contributed by atoms with van der Waals surface area (Å²) >= 11 is 0. The van der Waals surface area contributed by atoms with Gasteiger partial charge in [0.2, 0.25) is 5.91 Å². The van der Waals surface area contributed by atoms with E-state index in [0.717, 1.165) is 56.0 Å². The molecule has 192 valence electrons. The van der Waals surface area contributed by atoms with Crippen LogP contribution >= 0.6 is 0 Å². The van der Waals surface area contributed by atoms with Crippen LogP contribution in [0.5, 0.6) is 0 Å². The van der Waals surface area contributed by atoms with Crippen LogP contribution in [0.2, 0.25) is 0 Å². The number of hydrogen-bond donors (Lipinski definition) is 1. The van der Waals surface area contributed by atoms with E-state index in [2.05, 4.69) is 58.5 Å². The first-order valence-corrected chi connectivity index (χ1v) is 13.3. The van der Waals surface area contributed by atoms with E-state index in [-0.39, 0.29) is 17.7 Å². The van der Waals surface area contributed by atoms with Crippen LogP contribution < -0.4 is 10.2 Å². The van der Waals surface area contributed by atoms with Crippen molar-refractivity contribution in [1.82, 2.24) is 15.1 Å². The van der Waals surface area contributed by atoms with E-state index < -0.39 is 0 Å². The second kappa shape index (κ2) is 11.1. The maximum atomic E-state index is 13.0. The first kappa shape index (κ1) is 24.9. The Labute approximate surface area is 218 Å². The van der Waals surface area contributed by atoms with E-state index in [1.165, 1.54) is 11.1 Å². The van der Waals surface area contributed by atoms with Crippen molar-refractivity contribution in [2.24, 2.45) is 5.92 Å². The Hall–Kier alpha value is -3.74. The van der Waals surface area contributed by atoms with E-state index in [1.807, 2.05) is 41.3 Å². The fraction of sp³-hybridized carbons (Fsp3) is 0.400. The van der Waals surface area contributed by atoms with Gasteiger partial charge in [0, 0.05) is 43.6 Å². The maximum Gasteiger partial charge on any atom is 0.253 e. The minimum absolute atomic E-state index is 0.0485. The molecule has 0 bridgehead atoms. The molecule has 2 fully saturated rings. The number of hydrogen-bond acceptors (Lipinski definition) is 5. The summed E-state index contributed by atoms with van der Waals surface area (Å²) in [6.45, 7) is 7.30. The Morgan fingerprint density at radius 1 is 0.919 bits per heavy atom.